The number of morpholine rings is 1. The van der Waals surface area contributed by atoms with E-state index in [1.165, 1.54) is 5.56 Å². The van der Waals surface area contributed by atoms with Gasteiger partial charge in [-0.15, -0.1) is 0 Å². The summed E-state index contributed by atoms with van der Waals surface area (Å²) in [6.45, 7) is 10.6. The Bertz CT molecular complexity index is 501. The van der Waals surface area contributed by atoms with Gasteiger partial charge in [-0.1, -0.05) is 6.07 Å². The molecule has 0 saturated carbocycles. The molecule has 0 bridgehead atoms. The number of hydrogen-bond donors (Lipinski definition) is 3. The summed E-state index contributed by atoms with van der Waals surface area (Å²) in [5.74, 6) is 1.54. The van der Waals surface area contributed by atoms with E-state index in [0.717, 1.165) is 63.9 Å². The molecule has 0 atom stereocenters. The van der Waals surface area contributed by atoms with Gasteiger partial charge in [0.25, 0.3) is 0 Å². The van der Waals surface area contributed by atoms with Gasteiger partial charge in [0.1, 0.15) is 0 Å². The van der Waals surface area contributed by atoms with E-state index in [4.69, 9.17) is 19.9 Å². The maximum atomic E-state index is 5.38. The van der Waals surface area contributed by atoms with Crippen molar-refractivity contribution in [2.75, 3.05) is 60.2 Å². The number of nitrogens with one attached hydrogen (secondary N) is 1. The predicted molar refractivity (Wildman–Crippen MR) is 111 cm³/mol. The molecule has 1 fully saturated rings. The van der Waals surface area contributed by atoms with Crippen molar-refractivity contribution in [2.24, 2.45) is 5.73 Å². The van der Waals surface area contributed by atoms with Gasteiger partial charge in [-0.3, -0.25) is 4.90 Å². The van der Waals surface area contributed by atoms with Crippen LogP contribution in [-0.2, 0) is 11.2 Å². The Kier molecular flexibility index (Phi) is 11.0. The molecule has 6 nitrogen and oxygen atoms in total. The zero-order valence-electron chi connectivity index (χ0n) is 16.6. The van der Waals surface area contributed by atoms with Crippen molar-refractivity contribution in [1.82, 2.24) is 10.2 Å². The van der Waals surface area contributed by atoms with Crippen molar-refractivity contribution in [3.8, 4) is 11.5 Å². The third-order valence-corrected chi connectivity index (χ3v) is 4.13. The number of nitrogens with zero attached hydrogens (tertiary/aromatic N) is 1. The van der Waals surface area contributed by atoms with Crippen LogP contribution in [-0.4, -0.2) is 69.9 Å². The zero-order chi connectivity index (χ0) is 19.4. The van der Waals surface area contributed by atoms with Crippen LogP contribution < -0.4 is 20.5 Å². The third-order valence-electron chi connectivity index (χ3n) is 3.97. The van der Waals surface area contributed by atoms with Gasteiger partial charge >= 0.3 is 0 Å². The lowest BCUT2D eigenvalue weighted by Gasteiger charge is -2.25. The van der Waals surface area contributed by atoms with Crippen LogP contribution in [0.4, 0.5) is 0 Å². The van der Waals surface area contributed by atoms with E-state index < -0.39 is 0 Å². The van der Waals surface area contributed by atoms with E-state index in [-0.39, 0.29) is 4.87 Å². The van der Waals surface area contributed by atoms with Crippen LogP contribution in [0.2, 0.25) is 0 Å². The Morgan fingerprint density at radius 3 is 2.38 bits per heavy atom. The number of hydrogen-bond acceptors (Lipinski definition) is 7. The molecular weight excluding hydrogens is 350 g/mol. The first kappa shape index (κ1) is 23.0. The molecule has 0 radical (unpaired) electrons. The van der Waals surface area contributed by atoms with Gasteiger partial charge in [-0.05, 0) is 38.0 Å². The van der Waals surface area contributed by atoms with Crippen LogP contribution in [0.15, 0.2) is 18.2 Å². The maximum Gasteiger partial charge on any atom is 0.160 e. The van der Waals surface area contributed by atoms with E-state index in [1.807, 2.05) is 26.0 Å². The molecule has 3 N–H and O–H groups in total. The van der Waals surface area contributed by atoms with Crippen molar-refractivity contribution in [1.29, 1.82) is 0 Å². The van der Waals surface area contributed by atoms with E-state index in [1.54, 1.807) is 14.2 Å². The molecule has 2 rings (SSSR count). The second kappa shape index (κ2) is 12.4. The topological polar surface area (TPSA) is 69.0 Å². The zero-order valence-corrected chi connectivity index (χ0v) is 17.5. The quantitative estimate of drug-likeness (QED) is 0.468. The summed E-state index contributed by atoms with van der Waals surface area (Å²) in [6, 6.07) is 5.99. The van der Waals surface area contributed by atoms with Gasteiger partial charge in [0.15, 0.2) is 11.5 Å². The van der Waals surface area contributed by atoms with Crippen LogP contribution in [0, 0.1) is 0 Å². The molecular formula is C19H35N3O3S. The average molecular weight is 386 g/mol. The van der Waals surface area contributed by atoms with Crippen molar-refractivity contribution in [3.63, 3.8) is 0 Å². The van der Waals surface area contributed by atoms with Crippen molar-refractivity contribution >= 4 is 12.6 Å². The average Bonchev–Trinajstić information content (AvgIpc) is 2.62. The molecule has 1 aliphatic rings. The number of methoxy groups -OCH3 is 2. The van der Waals surface area contributed by atoms with E-state index in [2.05, 4.69) is 28.9 Å². The molecule has 0 aliphatic carbocycles. The molecule has 150 valence electrons. The van der Waals surface area contributed by atoms with Crippen LogP contribution >= 0.6 is 12.6 Å². The Hall–Kier alpha value is -0.990. The van der Waals surface area contributed by atoms with Gasteiger partial charge in [-0.25, -0.2) is 0 Å². The maximum absolute atomic E-state index is 5.38. The summed E-state index contributed by atoms with van der Waals surface area (Å²) >= 11 is 4.42. The summed E-state index contributed by atoms with van der Waals surface area (Å²) in [4.78, 5) is 2.18. The van der Waals surface area contributed by atoms with Crippen LogP contribution in [0.25, 0.3) is 0 Å². The van der Waals surface area contributed by atoms with Gasteiger partial charge in [-0.2, -0.15) is 12.6 Å². The molecule has 26 heavy (non-hydrogen) atoms. The highest BCUT2D eigenvalue weighted by atomic mass is 32.1. The predicted octanol–water partition coefficient (Wildman–Crippen LogP) is 1.78. The highest BCUT2D eigenvalue weighted by Gasteiger charge is 2.10. The number of nitrogens with two attached hydrogens (primary N) is 1. The molecule has 7 heteroatoms. The fourth-order valence-corrected chi connectivity index (χ4v) is 2.67. The molecule has 1 aromatic carbocycles. The second-order valence-corrected chi connectivity index (χ2v) is 7.79. The normalized spacial score (nSPS) is 15.2. The number of rotatable bonds is 8. The summed E-state index contributed by atoms with van der Waals surface area (Å²) in [6.07, 6.45) is 0.935. The van der Waals surface area contributed by atoms with Crippen molar-refractivity contribution < 1.29 is 14.2 Å². The van der Waals surface area contributed by atoms with Crippen molar-refractivity contribution in [2.45, 2.75) is 25.1 Å². The Morgan fingerprint density at radius 1 is 1.19 bits per heavy atom. The van der Waals surface area contributed by atoms with Crippen LogP contribution in [0.3, 0.4) is 0 Å². The number of benzene rings is 1. The first-order valence-electron chi connectivity index (χ1n) is 9.08. The van der Waals surface area contributed by atoms with E-state index in [0.29, 0.717) is 0 Å². The summed E-state index contributed by atoms with van der Waals surface area (Å²) in [5.41, 5.74) is 6.59. The van der Waals surface area contributed by atoms with Gasteiger partial charge < -0.3 is 25.3 Å². The standard InChI is InChI=1S/C13H21NO2S.C6H14N2O/c1-13(2,17)14-8-7-10-5-6-11(15-3)12(9-10)16-4;7-1-2-8-3-5-9-6-4-8/h5-6,9,14,17H,7-8H2,1-4H3;1-7H2. The van der Waals surface area contributed by atoms with E-state index in [9.17, 15) is 0 Å². The molecule has 1 heterocycles. The molecule has 1 aliphatic heterocycles. The van der Waals surface area contributed by atoms with Crippen molar-refractivity contribution in [3.05, 3.63) is 23.8 Å². The number of ether oxygens (including phenoxy) is 3. The van der Waals surface area contributed by atoms with Gasteiger partial charge in [0.2, 0.25) is 0 Å². The fraction of sp³-hybridized carbons (Fsp3) is 0.684. The van der Waals surface area contributed by atoms with Crippen LogP contribution in [0.1, 0.15) is 19.4 Å². The number of thiol groups is 1. The highest BCUT2D eigenvalue weighted by Crippen LogP contribution is 2.27. The molecule has 0 unspecified atom stereocenters. The highest BCUT2D eigenvalue weighted by molar-refractivity contribution is 7.81. The lowest BCUT2D eigenvalue weighted by molar-refractivity contribution is 0.0394. The Morgan fingerprint density at radius 2 is 1.85 bits per heavy atom. The first-order valence-corrected chi connectivity index (χ1v) is 9.52. The molecule has 0 aromatic heterocycles. The second-order valence-electron chi connectivity index (χ2n) is 6.67. The molecule has 1 aromatic rings. The Labute approximate surface area is 163 Å². The first-order chi connectivity index (χ1) is 12.4. The minimum absolute atomic E-state index is 0.142. The third kappa shape index (κ3) is 9.64. The Balaban J connectivity index is 0.000000314. The fourth-order valence-electron chi connectivity index (χ4n) is 2.56. The smallest absolute Gasteiger partial charge is 0.160 e. The lowest BCUT2D eigenvalue weighted by atomic mass is 10.1. The van der Waals surface area contributed by atoms with Gasteiger partial charge in [0, 0.05) is 32.7 Å². The molecule has 0 amide bonds. The summed E-state index contributed by atoms with van der Waals surface area (Å²) in [7, 11) is 3.29. The molecule has 1 saturated heterocycles. The summed E-state index contributed by atoms with van der Waals surface area (Å²) < 4.78 is 15.6. The lowest BCUT2D eigenvalue weighted by Crippen LogP contribution is -2.39. The SMILES string of the molecule is COc1ccc(CCNC(C)(C)S)cc1OC.NCCN1CCOCC1. The molecule has 0 spiro atoms. The van der Waals surface area contributed by atoms with E-state index >= 15 is 0 Å². The minimum Gasteiger partial charge on any atom is -0.493 e. The summed E-state index contributed by atoms with van der Waals surface area (Å²) in [5, 5.41) is 3.33. The van der Waals surface area contributed by atoms with Crippen LogP contribution in [0.5, 0.6) is 11.5 Å². The largest absolute Gasteiger partial charge is 0.493 e. The monoisotopic (exact) mass is 385 g/mol. The minimum atomic E-state index is -0.142. The van der Waals surface area contributed by atoms with Gasteiger partial charge in [0.05, 0.1) is 32.3 Å².